The maximum atomic E-state index is 2.48. The van der Waals surface area contributed by atoms with Crippen LogP contribution in [0.2, 0.25) is 0 Å². The molecule has 0 atom stereocenters. The molecule has 0 bridgehead atoms. The summed E-state index contributed by atoms with van der Waals surface area (Å²) >= 11 is 0. The molecule has 1 spiro atoms. The number of nitrogens with zero attached hydrogens (tertiary/aromatic N) is 1. The van der Waals surface area contributed by atoms with Crippen LogP contribution in [0.3, 0.4) is 0 Å². The summed E-state index contributed by atoms with van der Waals surface area (Å²) in [7, 11) is 0. The van der Waals surface area contributed by atoms with Crippen LogP contribution in [0.1, 0.15) is 72.2 Å². The predicted octanol–water partition coefficient (Wildman–Crippen LogP) is 15.8. The maximum Gasteiger partial charge on any atom is 0.0719 e. The molecule has 0 radical (unpaired) electrons. The van der Waals surface area contributed by atoms with Crippen LogP contribution in [0, 0.1) is 0 Å². The van der Waals surface area contributed by atoms with E-state index in [0.29, 0.717) is 0 Å². The van der Waals surface area contributed by atoms with Gasteiger partial charge in [-0.1, -0.05) is 191 Å². The molecule has 296 valence electrons. The number of benzene rings is 9. The summed E-state index contributed by atoms with van der Waals surface area (Å²) in [5.41, 5.74) is 24.0. The summed E-state index contributed by atoms with van der Waals surface area (Å²) in [5, 5.41) is 0. The van der Waals surface area contributed by atoms with Crippen molar-refractivity contribution in [3.8, 4) is 44.5 Å². The van der Waals surface area contributed by atoms with Crippen molar-refractivity contribution in [3.05, 3.63) is 257 Å². The summed E-state index contributed by atoms with van der Waals surface area (Å²) < 4.78 is 0. The standard InChI is InChI=1S/C61H47N/c1-59(2)53-23-13-15-25-55(53)61(56-26-16-14-24-54(56)59)51-22-12-11-21-47(51)50-37-42(30-36-52(50)61)43-29-34-48-49-35-33-46(39-58(49)60(3,4)57(48)38-43)62(44-19-9-6-10-20-44)45-31-27-41(28-32-45)40-17-7-5-8-18-40/h5-39H,1-4H3. The summed E-state index contributed by atoms with van der Waals surface area (Å²) in [6, 6.07) is 79.4. The quantitative estimate of drug-likeness (QED) is 0.168. The normalized spacial score (nSPS) is 15.2. The Labute approximate surface area is 365 Å². The van der Waals surface area contributed by atoms with Crippen molar-refractivity contribution in [2.75, 3.05) is 4.90 Å². The van der Waals surface area contributed by atoms with Crippen molar-refractivity contribution in [2.24, 2.45) is 0 Å². The number of rotatable bonds is 5. The molecule has 0 N–H and O–H groups in total. The highest BCUT2D eigenvalue weighted by molar-refractivity contribution is 5.92. The molecule has 1 heteroatoms. The third-order valence-electron chi connectivity index (χ3n) is 14.6. The largest absolute Gasteiger partial charge is 0.310 e. The average Bonchev–Trinajstić information content (AvgIpc) is 3.74. The topological polar surface area (TPSA) is 3.24 Å². The van der Waals surface area contributed by atoms with Crippen molar-refractivity contribution in [2.45, 2.75) is 43.9 Å². The van der Waals surface area contributed by atoms with E-state index < -0.39 is 0 Å². The Kier molecular flexibility index (Phi) is 7.91. The highest BCUT2D eigenvalue weighted by Crippen LogP contribution is 2.62. The minimum Gasteiger partial charge on any atom is -0.310 e. The summed E-state index contributed by atoms with van der Waals surface area (Å²) in [4.78, 5) is 2.39. The minimum atomic E-state index is -0.385. The third-order valence-corrected chi connectivity index (χ3v) is 14.6. The number of fused-ring (bicyclic) bond motifs is 12. The fourth-order valence-corrected chi connectivity index (χ4v) is 11.5. The highest BCUT2D eigenvalue weighted by atomic mass is 15.1. The second-order valence-corrected chi connectivity index (χ2v) is 18.5. The van der Waals surface area contributed by atoms with E-state index in [9.17, 15) is 0 Å². The van der Waals surface area contributed by atoms with E-state index in [-0.39, 0.29) is 16.2 Å². The van der Waals surface area contributed by atoms with Crippen molar-refractivity contribution in [1.29, 1.82) is 0 Å². The molecule has 0 aromatic heterocycles. The van der Waals surface area contributed by atoms with Gasteiger partial charge < -0.3 is 4.90 Å². The van der Waals surface area contributed by atoms with E-state index in [4.69, 9.17) is 0 Å². The Balaban J connectivity index is 0.951. The SMILES string of the molecule is CC1(C)c2cc(-c3ccc4c(c3)-c3ccccc3C43c4ccccc4C(C)(C)c4ccccc43)ccc2-c2ccc(N(c3ccccc3)c3ccc(-c4ccccc4)cc3)cc21. The molecule has 62 heavy (non-hydrogen) atoms. The number of anilines is 3. The van der Waals surface area contributed by atoms with E-state index in [0.717, 1.165) is 17.1 Å². The lowest BCUT2D eigenvalue weighted by molar-refractivity contribution is 0.563. The Morgan fingerprint density at radius 2 is 0.677 bits per heavy atom. The van der Waals surface area contributed by atoms with Gasteiger partial charge in [0.25, 0.3) is 0 Å². The van der Waals surface area contributed by atoms with Crippen LogP contribution >= 0.6 is 0 Å². The first-order valence-corrected chi connectivity index (χ1v) is 22.0. The molecule has 0 fully saturated rings. The maximum absolute atomic E-state index is 2.48. The van der Waals surface area contributed by atoms with Crippen LogP contribution in [0.15, 0.2) is 212 Å². The van der Waals surface area contributed by atoms with E-state index in [1.807, 2.05) is 0 Å². The van der Waals surface area contributed by atoms with Gasteiger partial charge in [-0.25, -0.2) is 0 Å². The van der Waals surface area contributed by atoms with Gasteiger partial charge >= 0.3 is 0 Å². The van der Waals surface area contributed by atoms with Gasteiger partial charge in [0.2, 0.25) is 0 Å². The van der Waals surface area contributed by atoms with E-state index in [1.165, 1.54) is 89.0 Å². The molecule has 0 saturated carbocycles. The lowest BCUT2D eigenvalue weighted by atomic mass is 9.55. The minimum absolute atomic E-state index is 0.111. The summed E-state index contributed by atoms with van der Waals surface area (Å²) in [6.07, 6.45) is 0. The molecule has 3 aliphatic rings. The molecule has 9 aromatic carbocycles. The fourth-order valence-electron chi connectivity index (χ4n) is 11.5. The average molecular weight is 794 g/mol. The van der Waals surface area contributed by atoms with Crippen LogP contribution in [-0.2, 0) is 16.2 Å². The Morgan fingerprint density at radius 1 is 0.258 bits per heavy atom. The molecular weight excluding hydrogens is 747 g/mol. The van der Waals surface area contributed by atoms with E-state index >= 15 is 0 Å². The van der Waals surface area contributed by atoms with Gasteiger partial charge in [-0.15, -0.1) is 0 Å². The molecule has 3 aliphatic carbocycles. The van der Waals surface area contributed by atoms with Gasteiger partial charge in [-0.05, 0) is 138 Å². The first kappa shape index (κ1) is 36.6. The number of hydrogen-bond acceptors (Lipinski definition) is 1. The zero-order valence-corrected chi connectivity index (χ0v) is 35.7. The van der Waals surface area contributed by atoms with Crippen LogP contribution in [0.5, 0.6) is 0 Å². The zero-order chi connectivity index (χ0) is 41.8. The zero-order valence-electron chi connectivity index (χ0n) is 35.7. The van der Waals surface area contributed by atoms with Gasteiger partial charge in [0.15, 0.2) is 0 Å². The second-order valence-electron chi connectivity index (χ2n) is 18.5. The molecule has 0 amide bonds. The van der Waals surface area contributed by atoms with Crippen LogP contribution in [0.25, 0.3) is 44.5 Å². The molecule has 0 aliphatic heterocycles. The van der Waals surface area contributed by atoms with Gasteiger partial charge in [-0.3, -0.25) is 0 Å². The van der Waals surface area contributed by atoms with Crippen LogP contribution < -0.4 is 4.90 Å². The van der Waals surface area contributed by atoms with E-state index in [2.05, 4.69) is 245 Å². The van der Waals surface area contributed by atoms with Gasteiger partial charge in [-0.2, -0.15) is 0 Å². The highest BCUT2D eigenvalue weighted by Gasteiger charge is 2.53. The first-order chi connectivity index (χ1) is 30.3. The van der Waals surface area contributed by atoms with Gasteiger partial charge in [0.05, 0.1) is 5.41 Å². The lowest BCUT2D eigenvalue weighted by Gasteiger charge is -2.46. The molecule has 9 aromatic rings. The van der Waals surface area contributed by atoms with Gasteiger partial charge in [0, 0.05) is 27.9 Å². The van der Waals surface area contributed by atoms with E-state index in [1.54, 1.807) is 0 Å². The Bertz CT molecular complexity index is 3170. The smallest absolute Gasteiger partial charge is 0.0719 e. The predicted molar refractivity (Wildman–Crippen MR) is 259 cm³/mol. The second kappa shape index (κ2) is 13.4. The fraction of sp³-hybridized carbons (Fsp3) is 0.115. The molecule has 0 unspecified atom stereocenters. The molecule has 0 saturated heterocycles. The lowest BCUT2D eigenvalue weighted by Crippen LogP contribution is -2.40. The van der Waals surface area contributed by atoms with Gasteiger partial charge in [0.1, 0.15) is 0 Å². The van der Waals surface area contributed by atoms with Crippen molar-refractivity contribution in [1.82, 2.24) is 0 Å². The number of para-hydroxylation sites is 1. The molecule has 12 rings (SSSR count). The molecular formula is C61H47N. The summed E-state index contributed by atoms with van der Waals surface area (Å²) in [5.74, 6) is 0. The third kappa shape index (κ3) is 5.09. The van der Waals surface area contributed by atoms with Crippen LogP contribution in [0.4, 0.5) is 17.1 Å². The van der Waals surface area contributed by atoms with Crippen molar-refractivity contribution < 1.29 is 0 Å². The van der Waals surface area contributed by atoms with Crippen molar-refractivity contribution in [3.63, 3.8) is 0 Å². The Hall–Kier alpha value is -7.22. The first-order valence-electron chi connectivity index (χ1n) is 22.0. The number of hydrogen-bond donors (Lipinski definition) is 0. The monoisotopic (exact) mass is 793 g/mol. The van der Waals surface area contributed by atoms with Crippen LogP contribution in [-0.4, -0.2) is 0 Å². The Morgan fingerprint density at radius 3 is 1.35 bits per heavy atom. The summed E-state index contributed by atoms with van der Waals surface area (Å²) in [6.45, 7) is 9.57. The van der Waals surface area contributed by atoms with Crippen molar-refractivity contribution >= 4 is 17.1 Å². The molecule has 1 nitrogen and oxygen atoms in total. The molecule has 0 heterocycles.